The number of nitrogens with zero attached hydrogens (tertiary/aromatic N) is 4. The number of hydrogen-bond donors (Lipinski definition) is 0. The standard InChI is InChI=1S/C60H36N4/c1-2-17-37(18-3-1)63-55-31-15-12-27-48(55)60(49-28-16-32-61-57(49)58-52(60)33-38(36-62-58)64-53-29-13-7-22-42(53)43-23-8-14-30-54(43)64)51-34-44-41-21-6-11-26-47(41)59(50(44)35-56(51)63)45-24-9-4-19-39(45)40-20-5-10-25-46(40)59/h1-36H. The van der Waals surface area contributed by atoms with E-state index in [0.29, 0.717) is 0 Å². The molecule has 8 aromatic carbocycles. The first-order chi connectivity index (χ1) is 31.8. The van der Waals surface area contributed by atoms with Gasteiger partial charge in [-0.25, -0.2) is 0 Å². The van der Waals surface area contributed by atoms with Gasteiger partial charge in [-0.1, -0.05) is 152 Å². The average Bonchev–Trinajstić information content (AvgIpc) is 4.05. The molecule has 0 bridgehead atoms. The highest BCUT2D eigenvalue weighted by Gasteiger charge is 2.57. The molecule has 4 aliphatic rings. The predicted octanol–water partition coefficient (Wildman–Crippen LogP) is 14.1. The van der Waals surface area contributed by atoms with Crippen LogP contribution >= 0.6 is 0 Å². The lowest BCUT2D eigenvalue weighted by Gasteiger charge is -2.45. The average molecular weight is 813 g/mol. The van der Waals surface area contributed by atoms with Crippen molar-refractivity contribution < 1.29 is 0 Å². The summed E-state index contributed by atoms with van der Waals surface area (Å²) in [5.74, 6) is 0. The first-order valence-corrected chi connectivity index (χ1v) is 22.2. The molecule has 11 aromatic rings. The monoisotopic (exact) mass is 812 g/mol. The van der Waals surface area contributed by atoms with Gasteiger partial charge in [0.15, 0.2) is 0 Å². The maximum atomic E-state index is 5.46. The van der Waals surface area contributed by atoms with E-state index in [4.69, 9.17) is 9.97 Å². The van der Waals surface area contributed by atoms with Gasteiger partial charge in [0.2, 0.25) is 0 Å². The molecule has 0 fully saturated rings. The second-order valence-corrected chi connectivity index (χ2v) is 17.6. The summed E-state index contributed by atoms with van der Waals surface area (Å²) in [4.78, 5) is 13.2. The molecule has 2 spiro atoms. The number of aromatic nitrogens is 3. The van der Waals surface area contributed by atoms with Crippen LogP contribution in [-0.4, -0.2) is 14.5 Å². The van der Waals surface area contributed by atoms with Gasteiger partial charge < -0.3 is 9.47 Å². The highest BCUT2D eigenvalue weighted by molar-refractivity contribution is 6.09. The van der Waals surface area contributed by atoms with Crippen LogP contribution < -0.4 is 4.90 Å². The Kier molecular flexibility index (Phi) is 6.52. The summed E-state index contributed by atoms with van der Waals surface area (Å²) in [7, 11) is 0. The molecule has 3 aromatic heterocycles. The molecule has 0 radical (unpaired) electrons. The van der Waals surface area contributed by atoms with Crippen LogP contribution in [0.5, 0.6) is 0 Å². The van der Waals surface area contributed by atoms with Crippen molar-refractivity contribution in [3.8, 4) is 39.3 Å². The zero-order valence-corrected chi connectivity index (χ0v) is 34.6. The van der Waals surface area contributed by atoms with Gasteiger partial charge in [-0.3, -0.25) is 9.97 Å². The maximum absolute atomic E-state index is 5.46. The van der Waals surface area contributed by atoms with Crippen molar-refractivity contribution in [3.05, 3.63) is 263 Å². The van der Waals surface area contributed by atoms with Crippen LogP contribution in [0.3, 0.4) is 0 Å². The summed E-state index contributed by atoms with van der Waals surface area (Å²) in [6, 6.07) is 76.7. The van der Waals surface area contributed by atoms with Crippen molar-refractivity contribution in [2.45, 2.75) is 10.8 Å². The number of fused-ring (bicyclic) bond motifs is 22. The Bertz CT molecular complexity index is 3720. The highest BCUT2D eigenvalue weighted by atomic mass is 15.2. The van der Waals surface area contributed by atoms with Gasteiger partial charge in [0.05, 0.1) is 56.5 Å². The maximum Gasteiger partial charge on any atom is 0.0939 e. The Morgan fingerprint density at radius 1 is 0.328 bits per heavy atom. The Morgan fingerprint density at radius 3 is 1.55 bits per heavy atom. The van der Waals surface area contributed by atoms with Crippen molar-refractivity contribution in [3.63, 3.8) is 0 Å². The van der Waals surface area contributed by atoms with Gasteiger partial charge in [-0.15, -0.1) is 0 Å². The zero-order chi connectivity index (χ0) is 41.7. The molecule has 0 saturated heterocycles. The fourth-order valence-corrected chi connectivity index (χ4v) is 12.6. The van der Waals surface area contributed by atoms with Crippen molar-refractivity contribution in [2.75, 3.05) is 4.90 Å². The largest absolute Gasteiger partial charge is 0.310 e. The minimum atomic E-state index is -0.761. The van der Waals surface area contributed by atoms with Crippen LogP contribution in [-0.2, 0) is 10.8 Å². The number of benzene rings is 8. The molecular formula is C60H36N4. The van der Waals surface area contributed by atoms with Gasteiger partial charge in [0, 0.05) is 28.2 Å². The van der Waals surface area contributed by atoms with Crippen LogP contribution in [0.1, 0.15) is 44.5 Å². The van der Waals surface area contributed by atoms with Crippen molar-refractivity contribution in [2.24, 2.45) is 0 Å². The number of rotatable bonds is 2. The van der Waals surface area contributed by atoms with E-state index in [2.05, 4.69) is 222 Å². The lowest BCUT2D eigenvalue weighted by molar-refractivity contribution is 0.743. The first kappa shape index (κ1) is 34.3. The van der Waals surface area contributed by atoms with E-state index in [-0.39, 0.29) is 0 Å². The van der Waals surface area contributed by atoms with Crippen molar-refractivity contribution >= 4 is 38.9 Å². The van der Waals surface area contributed by atoms with Crippen LogP contribution in [0.4, 0.5) is 17.1 Å². The number of anilines is 3. The lowest BCUT2D eigenvalue weighted by Crippen LogP contribution is -2.37. The topological polar surface area (TPSA) is 34.0 Å². The fourth-order valence-electron chi connectivity index (χ4n) is 12.6. The van der Waals surface area contributed by atoms with Crippen LogP contribution in [0, 0.1) is 0 Å². The minimum Gasteiger partial charge on any atom is -0.310 e. The summed E-state index contributed by atoms with van der Waals surface area (Å²) >= 11 is 0. The third-order valence-electron chi connectivity index (χ3n) is 14.9. The molecule has 296 valence electrons. The minimum absolute atomic E-state index is 0.501. The Labute approximate surface area is 370 Å². The summed E-state index contributed by atoms with van der Waals surface area (Å²) in [6.07, 6.45) is 3.98. The van der Waals surface area contributed by atoms with Crippen LogP contribution in [0.25, 0.3) is 61.1 Å². The number of para-hydroxylation sites is 4. The van der Waals surface area contributed by atoms with Gasteiger partial charge in [-0.05, 0) is 116 Å². The normalized spacial score (nSPS) is 16.3. The third-order valence-corrected chi connectivity index (χ3v) is 14.9. The molecule has 4 nitrogen and oxygen atoms in total. The molecule has 3 aliphatic carbocycles. The fraction of sp³-hybridized carbons (Fsp3) is 0.0333. The van der Waals surface area contributed by atoms with Crippen molar-refractivity contribution in [1.82, 2.24) is 14.5 Å². The van der Waals surface area contributed by atoms with E-state index in [1.54, 1.807) is 0 Å². The molecule has 1 aliphatic heterocycles. The predicted molar refractivity (Wildman–Crippen MR) is 258 cm³/mol. The molecular weight excluding hydrogens is 777 g/mol. The molecule has 0 saturated carbocycles. The summed E-state index contributed by atoms with van der Waals surface area (Å²) in [5.41, 5.74) is 22.5. The zero-order valence-electron chi connectivity index (χ0n) is 34.6. The molecule has 15 rings (SSSR count). The highest BCUT2D eigenvalue weighted by Crippen LogP contribution is 2.68. The smallest absolute Gasteiger partial charge is 0.0939 e. The van der Waals surface area contributed by atoms with Crippen LogP contribution in [0.15, 0.2) is 219 Å². The van der Waals surface area contributed by atoms with Gasteiger partial charge in [0.1, 0.15) is 0 Å². The second-order valence-electron chi connectivity index (χ2n) is 17.6. The molecule has 4 heterocycles. The van der Waals surface area contributed by atoms with Gasteiger partial charge in [0.25, 0.3) is 0 Å². The van der Waals surface area contributed by atoms with E-state index >= 15 is 0 Å². The molecule has 4 heteroatoms. The van der Waals surface area contributed by atoms with E-state index in [1.807, 2.05) is 6.20 Å². The molecule has 1 atom stereocenters. The Balaban J connectivity index is 1.11. The molecule has 64 heavy (non-hydrogen) atoms. The van der Waals surface area contributed by atoms with Gasteiger partial charge >= 0.3 is 0 Å². The molecule has 0 amide bonds. The van der Waals surface area contributed by atoms with Crippen molar-refractivity contribution in [1.29, 1.82) is 0 Å². The molecule has 1 unspecified atom stereocenters. The van der Waals surface area contributed by atoms with Gasteiger partial charge in [-0.2, -0.15) is 0 Å². The quantitative estimate of drug-likeness (QED) is 0.174. The first-order valence-electron chi connectivity index (χ1n) is 22.2. The molecule has 0 N–H and O–H groups in total. The summed E-state index contributed by atoms with van der Waals surface area (Å²) in [6.45, 7) is 0. The van der Waals surface area contributed by atoms with E-state index < -0.39 is 10.8 Å². The Hall–Kier alpha value is -8.34. The van der Waals surface area contributed by atoms with E-state index in [1.165, 1.54) is 66.4 Å². The Morgan fingerprint density at radius 2 is 0.859 bits per heavy atom. The lowest BCUT2D eigenvalue weighted by atomic mass is 9.63. The second kappa shape index (κ2) is 12.2. The van der Waals surface area contributed by atoms with E-state index in [0.717, 1.165) is 56.3 Å². The summed E-state index contributed by atoms with van der Waals surface area (Å²) in [5, 5.41) is 2.45. The number of hydrogen-bond acceptors (Lipinski definition) is 3. The summed E-state index contributed by atoms with van der Waals surface area (Å²) < 4.78 is 2.39. The van der Waals surface area contributed by atoms with E-state index in [9.17, 15) is 0 Å². The third kappa shape index (κ3) is 3.97. The number of pyridine rings is 2. The SMILES string of the molecule is c1ccc(N2c3ccccc3C3(c4cc5c(cc42)C2(c4ccccc4-c4ccccc42)c2ccccc2-5)c2cccnc2-c2ncc(-n4c5ccccc5c5ccccc54)cc23)cc1. The van der Waals surface area contributed by atoms with Crippen LogP contribution in [0.2, 0.25) is 0 Å².